The molecule has 0 spiro atoms. The lowest BCUT2D eigenvalue weighted by atomic mass is 10.0. The SMILES string of the molecule is C=CC=CCl.CC=C1CC2C=CC1C2. The summed E-state index contributed by atoms with van der Waals surface area (Å²) >= 11 is 5.05. The molecule has 2 rings (SSSR count). The Balaban J connectivity index is 0.000000171. The molecule has 0 aliphatic heterocycles. The van der Waals surface area contributed by atoms with E-state index in [0.29, 0.717) is 0 Å². The van der Waals surface area contributed by atoms with Crippen LogP contribution < -0.4 is 0 Å². The van der Waals surface area contributed by atoms with E-state index in [9.17, 15) is 0 Å². The normalized spacial score (nSPS) is 30.9. The second-order valence-corrected chi connectivity index (χ2v) is 3.86. The molecule has 2 atom stereocenters. The first-order valence-electron chi connectivity index (χ1n) is 5.03. The summed E-state index contributed by atoms with van der Waals surface area (Å²) in [5.74, 6) is 1.74. The highest BCUT2D eigenvalue weighted by atomic mass is 35.5. The fraction of sp³-hybridized carbons (Fsp3) is 0.385. The molecule has 0 heterocycles. The van der Waals surface area contributed by atoms with Crippen LogP contribution in [-0.4, -0.2) is 0 Å². The Hall–Kier alpha value is -0.750. The van der Waals surface area contributed by atoms with Crippen LogP contribution in [0.5, 0.6) is 0 Å². The number of hydrogen-bond acceptors (Lipinski definition) is 0. The van der Waals surface area contributed by atoms with Crippen molar-refractivity contribution in [3.05, 3.63) is 48.1 Å². The topological polar surface area (TPSA) is 0 Å². The second-order valence-electron chi connectivity index (χ2n) is 3.61. The maximum absolute atomic E-state index is 5.05. The summed E-state index contributed by atoms with van der Waals surface area (Å²) in [7, 11) is 0. The van der Waals surface area contributed by atoms with E-state index < -0.39 is 0 Å². The lowest BCUT2D eigenvalue weighted by molar-refractivity contribution is 0.693. The van der Waals surface area contributed by atoms with Crippen LogP contribution in [0.25, 0.3) is 0 Å². The lowest BCUT2D eigenvalue weighted by Crippen LogP contribution is -1.90. The van der Waals surface area contributed by atoms with Crippen LogP contribution in [0.1, 0.15) is 19.8 Å². The molecule has 1 fully saturated rings. The Morgan fingerprint density at radius 1 is 1.50 bits per heavy atom. The van der Waals surface area contributed by atoms with Gasteiger partial charge in [-0.1, -0.05) is 54.1 Å². The molecular weight excluding hydrogens is 192 g/mol. The van der Waals surface area contributed by atoms with Crippen molar-refractivity contribution < 1.29 is 0 Å². The van der Waals surface area contributed by atoms with Crippen LogP contribution in [-0.2, 0) is 0 Å². The molecule has 2 aliphatic carbocycles. The van der Waals surface area contributed by atoms with Gasteiger partial charge in [-0.15, -0.1) is 0 Å². The first-order valence-corrected chi connectivity index (χ1v) is 5.46. The Kier molecular flexibility index (Phi) is 4.75. The molecule has 1 saturated carbocycles. The Morgan fingerprint density at radius 3 is 2.50 bits per heavy atom. The summed E-state index contributed by atoms with van der Waals surface area (Å²) in [5.41, 5.74) is 3.08. The second kappa shape index (κ2) is 5.87. The maximum atomic E-state index is 5.05. The van der Waals surface area contributed by atoms with E-state index in [1.165, 1.54) is 18.4 Å². The van der Waals surface area contributed by atoms with Gasteiger partial charge < -0.3 is 0 Å². The van der Waals surface area contributed by atoms with Gasteiger partial charge in [0.1, 0.15) is 0 Å². The highest BCUT2D eigenvalue weighted by molar-refractivity contribution is 6.25. The molecule has 76 valence electrons. The summed E-state index contributed by atoms with van der Waals surface area (Å²) in [6, 6.07) is 0. The minimum Gasteiger partial charge on any atom is -0.0990 e. The van der Waals surface area contributed by atoms with Gasteiger partial charge in [0.05, 0.1) is 0 Å². The summed E-state index contributed by atoms with van der Waals surface area (Å²) in [6.07, 6.45) is 13.0. The standard InChI is InChI=1S/C9H12.C4H5Cl/c1-2-8-5-7-3-4-9(8)6-7;1-2-3-4-5/h2-4,7,9H,5-6H2,1H3;2-4H,1H2. The zero-order valence-electron chi connectivity index (χ0n) is 8.62. The van der Waals surface area contributed by atoms with Crippen LogP contribution in [0.4, 0.5) is 0 Å². The van der Waals surface area contributed by atoms with Crippen molar-refractivity contribution in [2.24, 2.45) is 11.8 Å². The molecular formula is C13H17Cl. The molecule has 0 N–H and O–H groups in total. The van der Waals surface area contributed by atoms with Crippen molar-refractivity contribution in [1.29, 1.82) is 0 Å². The van der Waals surface area contributed by atoms with Crippen molar-refractivity contribution >= 4 is 11.6 Å². The number of fused-ring (bicyclic) bond motifs is 2. The lowest BCUT2D eigenvalue weighted by Gasteiger charge is -2.05. The van der Waals surface area contributed by atoms with Crippen molar-refractivity contribution in [3.8, 4) is 0 Å². The van der Waals surface area contributed by atoms with Crippen molar-refractivity contribution in [3.63, 3.8) is 0 Å². The number of hydrogen-bond donors (Lipinski definition) is 0. The van der Waals surface area contributed by atoms with Crippen LogP contribution in [0.15, 0.2) is 48.1 Å². The molecule has 0 nitrogen and oxygen atoms in total. The van der Waals surface area contributed by atoms with Gasteiger partial charge in [0, 0.05) is 5.54 Å². The number of rotatable bonds is 1. The third-order valence-corrected chi connectivity index (χ3v) is 2.87. The Labute approximate surface area is 91.7 Å². The molecule has 0 aromatic rings. The summed E-state index contributed by atoms with van der Waals surface area (Å²) in [6.45, 7) is 5.54. The minimum absolute atomic E-state index is 0.833. The zero-order valence-corrected chi connectivity index (χ0v) is 9.37. The average Bonchev–Trinajstić information content (AvgIpc) is 2.80. The zero-order chi connectivity index (χ0) is 10.4. The first kappa shape index (κ1) is 11.3. The molecule has 2 aliphatic rings. The molecule has 2 bridgehead atoms. The quantitative estimate of drug-likeness (QED) is 0.441. The molecule has 2 unspecified atom stereocenters. The van der Waals surface area contributed by atoms with Gasteiger partial charge in [-0.3, -0.25) is 0 Å². The van der Waals surface area contributed by atoms with Gasteiger partial charge in [-0.25, -0.2) is 0 Å². The third-order valence-electron chi connectivity index (χ3n) is 2.73. The van der Waals surface area contributed by atoms with E-state index in [0.717, 1.165) is 11.8 Å². The van der Waals surface area contributed by atoms with Crippen LogP contribution in [0, 0.1) is 11.8 Å². The molecule has 0 saturated heterocycles. The van der Waals surface area contributed by atoms with E-state index in [-0.39, 0.29) is 0 Å². The van der Waals surface area contributed by atoms with E-state index in [4.69, 9.17) is 11.6 Å². The fourth-order valence-electron chi connectivity index (χ4n) is 2.04. The molecule has 0 aromatic heterocycles. The van der Waals surface area contributed by atoms with Crippen LogP contribution >= 0.6 is 11.6 Å². The minimum atomic E-state index is 0.833. The van der Waals surface area contributed by atoms with E-state index in [1.54, 1.807) is 17.7 Å². The molecule has 0 radical (unpaired) electrons. The van der Waals surface area contributed by atoms with E-state index in [2.05, 4.69) is 31.7 Å². The monoisotopic (exact) mass is 208 g/mol. The largest absolute Gasteiger partial charge is 0.0990 e. The third kappa shape index (κ3) is 2.88. The Bertz CT molecular complexity index is 271. The van der Waals surface area contributed by atoms with E-state index in [1.807, 2.05) is 0 Å². The Morgan fingerprint density at radius 2 is 2.29 bits per heavy atom. The van der Waals surface area contributed by atoms with Crippen LogP contribution in [0.3, 0.4) is 0 Å². The van der Waals surface area contributed by atoms with E-state index >= 15 is 0 Å². The number of allylic oxidation sites excluding steroid dienone is 6. The summed E-state index contributed by atoms with van der Waals surface area (Å²) in [4.78, 5) is 0. The van der Waals surface area contributed by atoms with Crippen molar-refractivity contribution in [2.75, 3.05) is 0 Å². The molecule has 0 aromatic carbocycles. The van der Waals surface area contributed by atoms with Crippen molar-refractivity contribution in [2.45, 2.75) is 19.8 Å². The molecule has 14 heavy (non-hydrogen) atoms. The summed E-state index contributed by atoms with van der Waals surface area (Å²) < 4.78 is 0. The van der Waals surface area contributed by atoms with Crippen molar-refractivity contribution in [1.82, 2.24) is 0 Å². The van der Waals surface area contributed by atoms with Gasteiger partial charge in [-0.05, 0) is 31.6 Å². The molecule has 0 amide bonds. The van der Waals surface area contributed by atoms with Gasteiger partial charge in [0.15, 0.2) is 0 Å². The highest BCUT2D eigenvalue weighted by Gasteiger charge is 2.29. The maximum Gasteiger partial charge on any atom is 0.00422 e. The first-order chi connectivity index (χ1) is 6.81. The average molecular weight is 209 g/mol. The predicted molar refractivity (Wildman–Crippen MR) is 64.3 cm³/mol. The predicted octanol–water partition coefficient (Wildman–Crippen LogP) is 4.45. The van der Waals surface area contributed by atoms with Gasteiger partial charge in [-0.2, -0.15) is 0 Å². The fourth-order valence-corrected chi connectivity index (χ4v) is 2.14. The molecule has 1 heteroatoms. The summed E-state index contributed by atoms with van der Waals surface area (Å²) in [5, 5.41) is 0. The van der Waals surface area contributed by atoms with Gasteiger partial charge >= 0.3 is 0 Å². The van der Waals surface area contributed by atoms with Gasteiger partial charge in [0.25, 0.3) is 0 Å². The number of halogens is 1. The van der Waals surface area contributed by atoms with Crippen LogP contribution in [0.2, 0.25) is 0 Å². The van der Waals surface area contributed by atoms with Gasteiger partial charge in [0.2, 0.25) is 0 Å². The highest BCUT2D eigenvalue weighted by Crippen LogP contribution is 2.42. The smallest absolute Gasteiger partial charge is 0.00422 e.